The second kappa shape index (κ2) is 11.0. The van der Waals surface area contributed by atoms with E-state index in [-0.39, 0.29) is 28.1 Å². The number of ether oxygens (including phenoxy) is 2. The lowest BCUT2D eigenvalue weighted by molar-refractivity contribution is -0.124. The van der Waals surface area contributed by atoms with E-state index in [1.165, 1.54) is 25.3 Å². The van der Waals surface area contributed by atoms with Crippen molar-refractivity contribution in [2.75, 3.05) is 24.6 Å². The van der Waals surface area contributed by atoms with Gasteiger partial charge < -0.3 is 14.8 Å². The lowest BCUT2D eigenvalue weighted by atomic mass is 10.2. The van der Waals surface area contributed by atoms with Gasteiger partial charge >= 0.3 is 5.97 Å². The predicted octanol–water partition coefficient (Wildman–Crippen LogP) is 3.41. The van der Waals surface area contributed by atoms with Crippen molar-refractivity contribution in [3.8, 4) is 5.75 Å². The Labute approximate surface area is 192 Å². The zero-order valence-electron chi connectivity index (χ0n) is 18.0. The maximum atomic E-state index is 13.3. The van der Waals surface area contributed by atoms with Gasteiger partial charge in [0.1, 0.15) is 5.75 Å². The fourth-order valence-corrected chi connectivity index (χ4v) is 4.39. The SMILES string of the molecule is C=CCN(c1ccc(OC)cc1)S(=O)(=O)c1ccc(Cl)c(C(=O)OCC(=O)NC(C)C)c1. The van der Waals surface area contributed by atoms with Gasteiger partial charge in [-0.3, -0.25) is 9.10 Å². The second-order valence-electron chi connectivity index (χ2n) is 6.96. The number of carbonyl (C=O) groups is 2. The van der Waals surface area contributed by atoms with Crippen LogP contribution < -0.4 is 14.4 Å². The average molecular weight is 481 g/mol. The van der Waals surface area contributed by atoms with Gasteiger partial charge in [-0.05, 0) is 56.3 Å². The standard InChI is InChI=1S/C22H25ClN2O6S/c1-5-12-25(16-6-8-17(30-4)9-7-16)32(28,29)18-10-11-20(23)19(13-18)22(27)31-14-21(26)24-15(2)3/h5-11,13,15H,1,12,14H2,2-4H3,(H,24,26). The minimum absolute atomic E-state index is 0.00191. The lowest BCUT2D eigenvalue weighted by Crippen LogP contribution is -2.34. The van der Waals surface area contributed by atoms with Crippen molar-refractivity contribution in [3.63, 3.8) is 0 Å². The molecule has 0 fully saturated rings. The summed E-state index contributed by atoms with van der Waals surface area (Å²) in [6, 6.07) is 10.0. The first kappa shape index (κ1) is 25.2. The fraction of sp³-hybridized carbons (Fsp3) is 0.273. The van der Waals surface area contributed by atoms with Gasteiger partial charge in [0.05, 0.1) is 34.8 Å². The van der Waals surface area contributed by atoms with Crippen molar-refractivity contribution in [2.24, 2.45) is 0 Å². The van der Waals surface area contributed by atoms with E-state index in [9.17, 15) is 18.0 Å². The molecule has 1 amide bonds. The third-order valence-electron chi connectivity index (χ3n) is 4.19. The van der Waals surface area contributed by atoms with E-state index in [1.807, 2.05) is 0 Å². The van der Waals surface area contributed by atoms with E-state index in [0.29, 0.717) is 11.4 Å². The molecule has 2 aromatic carbocycles. The molecule has 0 unspecified atom stereocenters. The summed E-state index contributed by atoms with van der Waals surface area (Å²) in [6.45, 7) is 6.63. The van der Waals surface area contributed by atoms with Crippen LogP contribution in [0, 0.1) is 0 Å². The second-order valence-corrected chi connectivity index (χ2v) is 9.23. The van der Waals surface area contributed by atoms with E-state index in [2.05, 4.69) is 11.9 Å². The molecule has 0 aliphatic heterocycles. The van der Waals surface area contributed by atoms with E-state index < -0.39 is 28.5 Å². The molecular weight excluding hydrogens is 456 g/mol. The third kappa shape index (κ3) is 6.24. The number of amides is 1. The van der Waals surface area contributed by atoms with Crippen LogP contribution in [0.15, 0.2) is 60.0 Å². The monoisotopic (exact) mass is 480 g/mol. The molecule has 0 saturated carbocycles. The summed E-state index contributed by atoms with van der Waals surface area (Å²) in [5.74, 6) is -0.821. The molecule has 10 heteroatoms. The number of rotatable bonds is 10. The maximum absolute atomic E-state index is 13.3. The van der Waals surface area contributed by atoms with Crippen molar-refractivity contribution in [1.82, 2.24) is 5.32 Å². The summed E-state index contributed by atoms with van der Waals surface area (Å²) >= 11 is 6.09. The highest BCUT2D eigenvalue weighted by molar-refractivity contribution is 7.92. The molecule has 2 aromatic rings. The normalized spacial score (nSPS) is 11.0. The first-order chi connectivity index (χ1) is 15.1. The Morgan fingerprint density at radius 3 is 2.41 bits per heavy atom. The topological polar surface area (TPSA) is 102 Å². The number of esters is 1. The predicted molar refractivity (Wildman–Crippen MR) is 123 cm³/mol. The first-order valence-corrected chi connectivity index (χ1v) is 11.5. The Kier molecular flexibility index (Phi) is 8.68. The van der Waals surface area contributed by atoms with Crippen LogP contribution in [0.1, 0.15) is 24.2 Å². The van der Waals surface area contributed by atoms with Crippen LogP contribution in [-0.4, -0.2) is 46.6 Å². The molecule has 172 valence electrons. The zero-order valence-corrected chi connectivity index (χ0v) is 19.6. The molecule has 2 rings (SSSR count). The van der Waals surface area contributed by atoms with Gasteiger partial charge in [-0.1, -0.05) is 17.7 Å². The Bertz CT molecular complexity index is 1080. The smallest absolute Gasteiger partial charge is 0.340 e. The van der Waals surface area contributed by atoms with Gasteiger partial charge in [-0.25, -0.2) is 13.2 Å². The van der Waals surface area contributed by atoms with Gasteiger partial charge in [0.2, 0.25) is 0 Å². The molecule has 32 heavy (non-hydrogen) atoms. The summed E-state index contributed by atoms with van der Waals surface area (Å²) in [5, 5.41) is 2.58. The number of nitrogens with one attached hydrogen (secondary N) is 1. The van der Waals surface area contributed by atoms with Crippen LogP contribution in [0.25, 0.3) is 0 Å². The van der Waals surface area contributed by atoms with Crippen molar-refractivity contribution in [3.05, 3.63) is 65.7 Å². The molecule has 0 heterocycles. The quantitative estimate of drug-likeness (QED) is 0.413. The molecule has 8 nitrogen and oxygen atoms in total. The summed E-state index contributed by atoms with van der Waals surface area (Å²) in [5.41, 5.74) is 0.216. The van der Waals surface area contributed by atoms with Crippen LogP contribution >= 0.6 is 11.6 Å². The van der Waals surface area contributed by atoms with Gasteiger partial charge in [-0.15, -0.1) is 6.58 Å². The van der Waals surface area contributed by atoms with Crippen LogP contribution in [-0.2, 0) is 19.6 Å². The van der Waals surface area contributed by atoms with Gasteiger partial charge in [0, 0.05) is 6.04 Å². The van der Waals surface area contributed by atoms with Gasteiger partial charge in [0.15, 0.2) is 6.61 Å². The number of sulfonamides is 1. The van der Waals surface area contributed by atoms with E-state index in [4.69, 9.17) is 21.1 Å². The van der Waals surface area contributed by atoms with Crippen LogP contribution in [0.5, 0.6) is 5.75 Å². The number of methoxy groups -OCH3 is 1. The van der Waals surface area contributed by atoms with E-state index >= 15 is 0 Å². The van der Waals surface area contributed by atoms with Crippen LogP contribution in [0.4, 0.5) is 5.69 Å². The van der Waals surface area contributed by atoms with Crippen molar-refractivity contribution >= 4 is 39.2 Å². The summed E-state index contributed by atoms with van der Waals surface area (Å²) in [7, 11) is -2.57. The Hall–Kier alpha value is -3.04. The van der Waals surface area contributed by atoms with Crippen molar-refractivity contribution in [1.29, 1.82) is 0 Å². The Balaban J connectivity index is 2.34. The molecule has 0 aliphatic rings. The number of hydrogen-bond donors (Lipinski definition) is 1. The molecule has 0 saturated heterocycles. The molecule has 0 spiro atoms. The van der Waals surface area contributed by atoms with Crippen molar-refractivity contribution < 1.29 is 27.5 Å². The highest BCUT2D eigenvalue weighted by Crippen LogP contribution is 2.28. The maximum Gasteiger partial charge on any atom is 0.340 e. The lowest BCUT2D eigenvalue weighted by Gasteiger charge is -2.23. The van der Waals surface area contributed by atoms with E-state index in [1.54, 1.807) is 38.1 Å². The summed E-state index contributed by atoms with van der Waals surface area (Å²) < 4.78 is 37.9. The third-order valence-corrected chi connectivity index (χ3v) is 6.30. The minimum atomic E-state index is -4.08. The minimum Gasteiger partial charge on any atom is -0.497 e. The number of anilines is 1. The molecule has 0 aromatic heterocycles. The number of hydrogen-bond acceptors (Lipinski definition) is 6. The number of carbonyl (C=O) groups excluding carboxylic acids is 2. The van der Waals surface area contributed by atoms with Gasteiger partial charge in [0.25, 0.3) is 15.9 Å². The highest BCUT2D eigenvalue weighted by Gasteiger charge is 2.26. The van der Waals surface area contributed by atoms with E-state index in [0.717, 1.165) is 10.4 Å². The first-order valence-electron chi connectivity index (χ1n) is 9.64. The fourth-order valence-electron chi connectivity index (χ4n) is 2.73. The molecule has 0 bridgehead atoms. The average Bonchev–Trinajstić information content (AvgIpc) is 2.75. The van der Waals surface area contributed by atoms with Crippen molar-refractivity contribution in [2.45, 2.75) is 24.8 Å². The number of halogens is 1. The Morgan fingerprint density at radius 1 is 1.19 bits per heavy atom. The largest absolute Gasteiger partial charge is 0.497 e. The molecule has 0 aliphatic carbocycles. The summed E-state index contributed by atoms with van der Waals surface area (Å²) in [6.07, 6.45) is 1.44. The Morgan fingerprint density at radius 2 is 1.84 bits per heavy atom. The highest BCUT2D eigenvalue weighted by atomic mass is 35.5. The van der Waals surface area contributed by atoms with Crippen LogP contribution in [0.2, 0.25) is 5.02 Å². The molecule has 0 atom stereocenters. The van der Waals surface area contributed by atoms with Gasteiger partial charge in [-0.2, -0.15) is 0 Å². The van der Waals surface area contributed by atoms with Crippen LogP contribution in [0.3, 0.4) is 0 Å². The molecule has 0 radical (unpaired) electrons. The molecular formula is C22H25ClN2O6S. The number of benzene rings is 2. The molecule has 1 N–H and O–H groups in total. The number of nitrogens with zero attached hydrogens (tertiary/aromatic N) is 1. The summed E-state index contributed by atoms with van der Waals surface area (Å²) in [4.78, 5) is 24.0. The zero-order chi connectivity index (χ0) is 23.9.